The second-order valence-corrected chi connectivity index (χ2v) is 5.06. The van der Waals surface area contributed by atoms with Gasteiger partial charge in [-0.05, 0) is 24.6 Å². The highest BCUT2D eigenvalue weighted by Crippen LogP contribution is 2.28. The number of amides is 2. The van der Waals surface area contributed by atoms with Crippen molar-refractivity contribution in [3.8, 4) is 12.3 Å². The maximum absolute atomic E-state index is 12.2. The lowest BCUT2D eigenvalue weighted by atomic mass is 10.1. The largest absolute Gasteiger partial charge is 0.269 e. The molecule has 0 spiro atoms. The number of hydrogen-bond donors (Lipinski definition) is 0. The number of carbonyl (C=O) groups is 2. The number of halogens is 1. The maximum atomic E-state index is 12.2. The van der Waals surface area contributed by atoms with Crippen molar-refractivity contribution in [1.29, 1.82) is 0 Å². The first kappa shape index (κ1) is 12.8. The summed E-state index contributed by atoms with van der Waals surface area (Å²) >= 11 is 3.29. The minimum Gasteiger partial charge on any atom is -0.269 e. The van der Waals surface area contributed by atoms with E-state index in [1.165, 1.54) is 4.90 Å². The van der Waals surface area contributed by atoms with Crippen LogP contribution in [-0.4, -0.2) is 22.8 Å². The molecule has 2 amide bonds. The van der Waals surface area contributed by atoms with Gasteiger partial charge in [-0.1, -0.05) is 35.2 Å². The summed E-state index contributed by atoms with van der Waals surface area (Å²) in [6.07, 6.45) is 6.88. The zero-order chi connectivity index (χ0) is 13.3. The van der Waals surface area contributed by atoms with E-state index in [1.54, 1.807) is 18.2 Å². The van der Waals surface area contributed by atoms with Crippen LogP contribution < -0.4 is 0 Å². The van der Waals surface area contributed by atoms with Crippen molar-refractivity contribution in [2.75, 3.05) is 0 Å². The molecule has 0 aromatic heterocycles. The van der Waals surface area contributed by atoms with E-state index in [1.807, 2.05) is 6.92 Å². The van der Waals surface area contributed by atoms with Gasteiger partial charge in [0.15, 0.2) is 0 Å². The van der Waals surface area contributed by atoms with Crippen molar-refractivity contribution in [2.45, 2.75) is 25.8 Å². The third-order valence-corrected chi connectivity index (χ3v) is 3.44. The highest BCUT2D eigenvalue weighted by Gasteiger charge is 2.39. The predicted octanol–water partition coefficient (Wildman–Crippen LogP) is 2.85. The topological polar surface area (TPSA) is 37.4 Å². The Hall–Kier alpha value is -1.60. The Balaban J connectivity index is 2.42. The van der Waals surface area contributed by atoms with Crippen LogP contribution in [0.5, 0.6) is 0 Å². The molecule has 18 heavy (non-hydrogen) atoms. The van der Waals surface area contributed by atoms with Crippen molar-refractivity contribution >= 4 is 27.7 Å². The van der Waals surface area contributed by atoms with Crippen molar-refractivity contribution < 1.29 is 9.59 Å². The Kier molecular flexibility index (Phi) is 3.53. The summed E-state index contributed by atoms with van der Waals surface area (Å²) < 4.78 is 0.775. The van der Waals surface area contributed by atoms with Crippen molar-refractivity contribution in [1.82, 2.24) is 4.90 Å². The fourth-order valence-corrected chi connectivity index (χ4v) is 2.44. The average molecular weight is 306 g/mol. The molecule has 0 fully saturated rings. The summed E-state index contributed by atoms with van der Waals surface area (Å²) in [7, 11) is 0. The molecule has 1 heterocycles. The van der Waals surface area contributed by atoms with Gasteiger partial charge in [0.05, 0.1) is 11.1 Å². The number of rotatable bonds is 3. The fraction of sp³-hybridized carbons (Fsp3) is 0.286. The van der Waals surface area contributed by atoms with E-state index in [0.717, 1.165) is 10.9 Å². The second-order valence-electron chi connectivity index (χ2n) is 4.14. The zero-order valence-corrected chi connectivity index (χ0v) is 11.5. The third-order valence-electron chi connectivity index (χ3n) is 2.95. The van der Waals surface area contributed by atoms with Crippen molar-refractivity contribution in [3.63, 3.8) is 0 Å². The Labute approximate surface area is 114 Å². The van der Waals surface area contributed by atoms with E-state index in [9.17, 15) is 9.59 Å². The van der Waals surface area contributed by atoms with Crippen molar-refractivity contribution in [3.05, 3.63) is 33.8 Å². The molecule has 1 aromatic rings. The molecule has 1 atom stereocenters. The standard InChI is InChI=1S/C14H12BrNO2/c1-3-5-10(4-2)16-13(17)11-7-6-9(15)8-12(11)14(16)18/h2,6-8,10H,3,5H2,1H3. The summed E-state index contributed by atoms with van der Waals surface area (Å²) in [4.78, 5) is 25.6. The smallest absolute Gasteiger partial charge is 0.262 e. The van der Waals surface area contributed by atoms with Crippen LogP contribution in [0, 0.1) is 12.3 Å². The molecular formula is C14H12BrNO2. The monoisotopic (exact) mass is 305 g/mol. The summed E-state index contributed by atoms with van der Waals surface area (Å²) in [5.74, 6) is 1.94. The first-order chi connectivity index (χ1) is 8.60. The van der Waals surface area contributed by atoms with Gasteiger partial charge in [0.25, 0.3) is 11.8 Å². The van der Waals surface area contributed by atoms with E-state index < -0.39 is 6.04 Å². The number of hydrogen-bond acceptors (Lipinski definition) is 2. The molecule has 4 heteroatoms. The molecule has 0 N–H and O–H groups in total. The van der Waals surface area contributed by atoms with Crippen LogP contribution in [0.2, 0.25) is 0 Å². The van der Waals surface area contributed by atoms with Crippen LogP contribution in [0.15, 0.2) is 22.7 Å². The Morgan fingerprint density at radius 1 is 1.33 bits per heavy atom. The Morgan fingerprint density at radius 3 is 2.61 bits per heavy atom. The number of nitrogens with zero attached hydrogens (tertiary/aromatic N) is 1. The molecule has 0 bridgehead atoms. The normalized spacial score (nSPS) is 15.5. The highest BCUT2D eigenvalue weighted by molar-refractivity contribution is 9.10. The summed E-state index contributed by atoms with van der Waals surface area (Å²) in [6, 6.07) is 4.60. The van der Waals surface area contributed by atoms with Crippen LogP contribution in [-0.2, 0) is 0 Å². The highest BCUT2D eigenvalue weighted by atomic mass is 79.9. The van der Waals surface area contributed by atoms with Gasteiger partial charge in [0.1, 0.15) is 6.04 Å². The van der Waals surface area contributed by atoms with Gasteiger partial charge in [-0.15, -0.1) is 6.42 Å². The summed E-state index contributed by atoms with van der Waals surface area (Å²) in [5.41, 5.74) is 0.852. The van der Waals surface area contributed by atoms with Gasteiger partial charge in [0, 0.05) is 4.47 Å². The molecule has 1 aliphatic rings. The van der Waals surface area contributed by atoms with Crippen LogP contribution in [0.1, 0.15) is 40.5 Å². The molecular weight excluding hydrogens is 294 g/mol. The number of terminal acetylenes is 1. The van der Waals surface area contributed by atoms with Crippen LogP contribution in [0.3, 0.4) is 0 Å². The summed E-state index contributed by atoms with van der Waals surface area (Å²) in [6.45, 7) is 1.97. The Morgan fingerprint density at radius 2 is 2.00 bits per heavy atom. The van der Waals surface area contributed by atoms with Crippen LogP contribution >= 0.6 is 15.9 Å². The Bertz CT molecular complexity index is 559. The average Bonchev–Trinajstić information content (AvgIpc) is 2.59. The van der Waals surface area contributed by atoms with E-state index in [0.29, 0.717) is 17.5 Å². The molecule has 0 saturated heterocycles. The summed E-state index contributed by atoms with van der Waals surface area (Å²) in [5, 5.41) is 0. The first-order valence-electron chi connectivity index (χ1n) is 5.73. The van der Waals surface area contributed by atoms with Crippen molar-refractivity contribution in [2.24, 2.45) is 0 Å². The molecule has 1 aliphatic heterocycles. The van der Waals surface area contributed by atoms with Gasteiger partial charge in [-0.2, -0.15) is 0 Å². The maximum Gasteiger partial charge on any atom is 0.262 e. The minimum absolute atomic E-state index is 0.293. The molecule has 2 rings (SSSR count). The zero-order valence-electron chi connectivity index (χ0n) is 9.94. The molecule has 1 unspecified atom stereocenters. The third kappa shape index (κ3) is 1.95. The van der Waals surface area contributed by atoms with E-state index in [2.05, 4.69) is 21.9 Å². The van der Waals surface area contributed by atoms with E-state index in [-0.39, 0.29) is 11.8 Å². The van der Waals surface area contributed by atoms with Crippen LogP contribution in [0.25, 0.3) is 0 Å². The first-order valence-corrected chi connectivity index (χ1v) is 6.53. The number of fused-ring (bicyclic) bond motifs is 1. The van der Waals surface area contributed by atoms with E-state index >= 15 is 0 Å². The quantitative estimate of drug-likeness (QED) is 0.636. The molecule has 0 saturated carbocycles. The van der Waals surface area contributed by atoms with Gasteiger partial charge in [-0.25, -0.2) is 0 Å². The predicted molar refractivity (Wildman–Crippen MR) is 72.2 cm³/mol. The van der Waals surface area contributed by atoms with E-state index in [4.69, 9.17) is 6.42 Å². The molecule has 3 nitrogen and oxygen atoms in total. The molecule has 92 valence electrons. The number of benzene rings is 1. The SMILES string of the molecule is C#CC(CCC)N1C(=O)c2ccc(Br)cc2C1=O. The lowest BCUT2D eigenvalue weighted by Gasteiger charge is -2.20. The number of carbonyl (C=O) groups excluding carboxylic acids is 2. The van der Waals surface area contributed by atoms with Gasteiger partial charge in [0.2, 0.25) is 0 Å². The second kappa shape index (κ2) is 4.95. The van der Waals surface area contributed by atoms with Crippen LogP contribution in [0.4, 0.5) is 0 Å². The van der Waals surface area contributed by atoms with Gasteiger partial charge < -0.3 is 0 Å². The van der Waals surface area contributed by atoms with Gasteiger partial charge in [-0.3, -0.25) is 14.5 Å². The molecule has 1 aromatic carbocycles. The lowest BCUT2D eigenvalue weighted by molar-refractivity contribution is 0.0615. The lowest BCUT2D eigenvalue weighted by Crippen LogP contribution is -2.38. The minimum atomic E-state index is -0.457. The number of imide groups is 1. The molecule has 0 radical (unpaired) electrons. The molecule has 0 aliphatic carbocycles. The van der Waals surface area contributed by atoms with Gasteiger partial charge >= 0.3 is 0 Å². The fourth-order valence-electron chi connectivity index (χ4n) is 2.08.